The molecule has 0 heterocycles. The first-order chi connectivity index (χ1) is 9.47. The lowest BCUT2D eigenvalue weighted by molar-refractivity contribution is 0.295. The summed E-state index contributed by atoms with van der Waals surface area (Å²) in [5.74, 6) is 2.90. The maximum absolute atomic E-state index is 6.65. The average molecular weight is 271 g/mol. The van der Waals surface area contributed by atoms with Crippen LogP contribution in [-0.2, 0) is 0 Å². The lowest BCUT2D eigenvalue weighted by Gasteiger charge is -2.27. The van der Waals surface area contributed by atoms with Gasteiger partial charge in [0.25, 0.3) is 0 Å². The van der Waals surface area contributed by atoms with Crippen molar-refractivity contribution in [2.45, 2.75) is 65.8 Å². The van der Waals surface area contributed by atoms with E-state index in [1.165, 1.54) is 59.9 Å². The number of rotatable bonds is 3. The van der Waals surface area contributed by atoms with Crippen molar-refractivity contribution in [2.24, 2.45) is 23.5 Å². The van der Waals surface area contributed by atoms with Gasteiger partial charge in [-0.25, -0.2) is 0 Å². The topological polar surface area (TPSA) is 26.0 Å². The molecular formula is C19H29N. The van der Waals surface area contributed by atoms with E-state index in [0.29, 0.717) is 0 Å². The van der Waals surface area contributed by atoms with Crippen LogP contribution in [0.5, 0.6) is 0 Å². The summed E-state index contributed by atoms with van der Waals surface area (Å²) in [6, 6.07) is 2.54. The molecule has 2 aliphatic rings. The van der Waals surface area contributed by atoms with Crippen molar-refractivity contribution in [3.63, 3.8) is 0 Å². The van der Waals surface area contributed by atoms with Gasteiger partial charge in [0.1, 0.15) is 0 Å². The molecule has 2 N–H and O–H groups in total. The molecule has 0 saturated heterocycles. The van der Waals surface area contributed by atoms with E-state index in [9.17, 15) is 0 Å². The van der Waals surface area contributed by atoms with E-state index >= 15 is 0 Å². The molecule has 2 fully saturated rings. The first-order valence-corrected chi connectivity index (χ1v) is 8.30. The number of nitrogens with two attached hydrogens (primary N) is 1. The predicted octanol–water partition coefficient (Wildman–Crippen LogP) is 4.75. The molecule has 3 rings (SSSR count). The molecule has 20 heavy (non-hydrogen) atoms. The second kappa shape index (κ2) is 5.18. The van der Waals surface area contributed by atoms with Crippen LogP contribution in [0.15, 0.2) is 6.07 Å². The molecule has 1 heteroatoms. The van der Waals surface area contributed by atoms with Gasteiger partial charge in [0.2, 0.25) is 0 Å². The quantitative estimate of drug-likeness (QED) is 0.843. The third-order valence-corrected chi connectivity index (χ3v) is 6.24. The summed E-state index contributed by atoms with van der Waals surface area (Å²) in [5, 5.41) is 0. The van der Waals surface area contributed by atoms with Crippen LogP contribution in [-0.4, -0.2) is 0 Å². The van der Waals surface area contributed by atoms with Gasteiger partial charge in [-0.3, -0.25) is 0 Å². The highest BCUT2D eigenvalue weighted by Crippen LogP contribution is 2.51. The second-order valence-corrected chi connectivity index (χ2v) is 7.45. The van der Waals surface area contributed by atoms with Crippen LogP contribution in [0.3, 0.4) is 0 Å². The Balaban J connectivity index is 1.82. The highest BCUT2D eigenvalue weighted by atomic mass is 14.6. The van der Waals surface area contributed by atoms with Crippen molar-refractivity contribution < 1.29 is 0 Å². The van der Waals surface area contributed by atoms with E-state index in [0.717, 1.165) is 17.8 Å². The second-order valence-electron chi connectivity index (χ2n) is 7.45. The molecule has 2 saturated carbocycles. The fourth-order valence-corrected chi connectivity index (χ4v) is 4.91. The van der Waals surface area contributed by atoms with Gasteiger partial charge in [0, 0.05) is 6.04 Å². The maximum atomic E-state index is 6.65. The van der Waals surface area contributed by atoms with Crippen molar-refractivity contribution in [1.29, 1.82) is 0 Å². The van der Waals surface area contributed by atoms with E-state index in [-0.39, 0.29) is 6.04 Å². The summed E-state index contributed by atoms with van der Waals surface area (Å²) in [6.07, 6.45) is 7.08. The van der Waals surface area contributed by atoms with Crippen LogP contribution < -0.4 is 5.73 Å². The van der Waals surface area contributed by atoms with Crippen molar-refractivity contribution in [2.75, 3.05) is 0 Å². The van der Waals surface area contributed by atoms with Crippen LogP contribution >= 0.6 is 0 Å². The average Bonchev–Trinajstić information content (AvgIpc) is 2.99. The molecule has 1 aromatic carbocycles. The summed E-state index contributed by atoms with van der Waals surface area (Å²) < 4.78 is 0. The molecule has 2 aliphatic carbocycles. The Morgan fingerprint density at radius 3 is 2.20 bits per heavy atom. The van der Waals surface area contributed by atoms with Gasteiger partial charge in [-0.2, -0.15) is 0 Å². The molecule has 0 aromatic heterocycles. The molecule has 4 atom stereocenters. The first-order valence-electron chi connectivity index (χ1n) is 8.30. The van der Waals surface area contributed by atoms with Crippen molar-refractivity contribution in [3.05, 3.63) is 33.9 Å². The third kappa shape index (κ3) is 2.30. The molecule has 110 valence electrons. The third-order valence-electron chi connectivity index (χ3n) is 6.24. The number of aryl methyl sites for hydroxylation is 2. The SMILES string of the molecule is Cc1cc(C)c(C)c(C(N)CC2CC3CCC2C3)c1C. The Bertz CT molecular complexity index is 491. The molecule has 1 nitrogen and oxygen atoms in total. The molecule has 0 radical (unpaired) electrons. The van der Waals surface area contributed by atoms with Crippen LogP contribution in [0, 0.1) is 45.4 Å². The lowest BCUT2D eigenvalue weighted by atomic mass is 9.80. The molecule has 0 aliphatic heterocycles. The Kier molecular flexibility index (Phi) is 3.66. The Labute approximate surface area is 124 Å². The van der Waals surface area contributed by atoms with Crippen molar-refractivity contribution in [3.8, 4) is 0 Å². The Hall–Kier alpha value is -0.820. The Morgan fingerprint density at radius 2 is 1.70 bits per heavy atom. The van der Waals surface area contributed by atoms with E-state index in [2.05, 4.69) is 33.8 Å². The van der Waals surface area contributed by atoms with Crippen LogP contribution in [0.2, 0.25) is 0 Å². The monoisotopic (exact) mass is 271 g/mol. The minimum atomic E-state index is 0.234. The summed E-state index contributed by atoms with van der Waals surface area (Å²) in [5.41, 5.74) is 13.7. The van der Waals surface area contributed by atoms with Crippen LogP contribution in [0.25, 0.3) is 0 Å². The zero-order chi connectivity index (χ0) is 14.4. The Morgan fingerprint density at radius 1 is 1.05 bits per heavy atom. The summed E-state index contributed by atoms with van der Waals surface area (Å²) in [4.78, 5) is 0. The summed E-state index contributed by atoms with van der Waals surface area (Å²) in [7, 11) is 0. The zero-order valence-corrected chi connectivity index (χ0v) is 13.5. The maximum Gasteiger partial charge on any atom is 0.0303 e. The summed E-state index contributed by atoms with van der Waals surface area (Å²) >= 11 is 0. The fraction of sp³-hybridized carbons (Fsp3) is 0.684. The first kappa shape index (κ1) is 14.1. The number of fused-ring (bicyclic) bond motifs is 2. The van der Waals surface area contributed by atoms with Gasteiger partial charge in [0.05, 0.1) is 0 Å². The minimum absolute atomic E-state index is 0.234. The zero-order valence-electron chi connectivity index (χ0n) is 13.5. The summed E-state index contributed by atoms with van der Waals surface area (Å²) in [6.45, 7) is 8.93. The standard InChI is InChI=1S/C19H29N/c1-11-7-12(2)14(4)19(13(11)3)18(20)10-17-9-15-5-6-16(17)8-15/h7,15-18H,5-6,8-10,20H2,1-4H3. The fourth-order valence-electron chi connectivity index (χ4n) is 4.91. The van der Waals surface area contributed by atoms with Crippen molar-refractivity contribution in [1.82, 2.24) is 0 Å². The van der Waals surface area contributed by atoms with Gasteiger partial charge >= 0.3 is 0 Å². The lowest BCUT2D eigenvalue weighted by Crippen LogP contribution is -2.21. The van der Waals surface area contributed by atoms with E-state index in [4.69, 9.17) is 5.73 Å². The number of hydrogen-bond donors (Lipinski definition) is 1. The van der Waals surface area contributed by atoms with Crippen LogP contribution in [0.1, 0.15) is 66.0 Å². The van der Waals surface area contributed by atoms with Gasteiger partial charge in [-0.05, 0) is 98.9 Å². The smallest absolute Gasteiger partial charge is 0.0303 e. The van der Waals surface area contributed by atoms with Gasteiger partial charge in [-0.15, -0.1) is 0 Å². The van der Waals surface area contributed by atoms with Crippen molar-refractivity contribution >= 4 is 0 Å². The largest absolute Gasteiger partial charge is 0.324 e. The molecule has 2 bridgehead atoms. The normalized spacial score (nSPS) is 29.9. The van der Waals surface area contributed by atoms with E-state index in [1.54, 1.807) is 0 Å². The van der Waals surface area contributed by atoms with Gasteiger partial charge in [0.15, 0.2) is 0 Å². The van der Waals surface area contributed by atoms with Gasteiger partial charge in [-0.1, -0.05) is 12.5 Å². The molecular weight excluding hydrogens is 242 g/mol. The molecule has 0 spiro atoms. The highest BCUT2D eigenvalue weighted by molar-refractivity contribution is 5.45. The predicted molar refractivity (Wildman–Crippen MR) is 85.9 cm³/mol. The molecule has 1 aromatic rings. The van der Waals surface area contributed by atoms with E-state index in [1.807, 2.05) is 0 Å². The van der Waals surface area contributed by atoms with E-state index < -0.39 is 0 Å². The number of benzene rings is 1. The highest BCUT2D eigenvalue weighted by Gasteiger charge is 2.40. The number of hydrogen-bond acceptors (Lipinski definition) is 1. The molecule has 0 amide bonds. The van der Waals surface area contributed by atoms with Crippen LogP contribution in [0.4, 0.5) is 0 Å². The minimum Gasteiger partial charge on any atom is -0.324 e. The molecule has 4 unspecified atom stereocenters. The van der Waals surface area contributed by atoms with Gasteiger partial charge < -0.3 is 5.73 Å².